The van der Waals surface area contributed by atoms with Crippen LogP contribution in [0.2, 0.25) is 0 Å². The molecule has 0 radical (unpaired) electrons. The van der Waals surface area contributed by atoms with Crippen molar-refractivity contribution in [1.82, 2.24) is 4.98 Å². The molecule has 0 saturated carbocycles. The second-order valence-electron chi connectivity index (χ2n) is 1.43. The lowest BCUT2D eigenvalue weighted by Gasteiger charge is -1.81. The van der Waals surface area contributed by atoms with E-state index in [2.05, 4.69) is 10.9 Å². The minimum absolute atomic E-state index is 0.458. The van der Waals surface area contributed by atoms with E-state index in [-0.39, 0.29) is 0 Å². The van der Waals surface area contributed by atoms with E-state index in [0.29, 0.717) is 5.69 Å². The van der Waals surface area contributed by atoms with Gasteiger partial charge in [0.15, 0.2) is 0 Å². The van der Waals surface area contributed by atoms with Crippen molar-refractivity contribution in [3.05, 3.63) is 30.1 Å². The Bertz CT molecular complexity index is 232. The minimum atomic E-state index is 0.458. The third-order valence-corrected chi connectivity index (χ3v) is 0.840. The molecule has 0 aliphatic rings. The molecule has 0 fully saturated rings. The van der Waals surface area contributed by atoms with Gasteiger partial charge in [-0.2, -0.15) is 0 Å². The first kappa shape index (κ1) is 5.77. The Kier molecular flexibility index (Phi) is 1.81. The van der Waals surface area contributed by atoms with Gasteiger partial charge in [0.25, 0.3) is 0 Å². The van der Waals surface area contributed by atoms with Gasteiger partial charge in [-0.15, -0.1) is 4.39 Å². The highest BCUT2D eigenvalue weighted by atomic mass is 19.1. The van der Waals surface area contributed by atoms with Gasteiger partial charge < -0.3 is 0 Å². The van der Waals surface area contributed by atoms with Crippen molar-refractivity contribution < 1.29 is 4.39 Å². The smallest absolute Gasteiger partial charge is 0.115 e. The summed E-state index contributed by atoms with van der Waals surface area (Å²) in [4.78, 5) is 3.75. The lowest BCUT2D eigenvalue weighted by molar-refractivity contribution is 0.773. The topological polar surface area (TPSA) is 12.9 Å². The molecule has 0 aromatic carbocycles. The van der Waals surface area contributed by atoms with E-state index in [4.69, 9.17) is 0 Å². The highest BCUT2D eigenvalue weighted by Crippen LogP contribution is 1.88. The number of pyridine rings is 1. The number of hydrogen-bond acceptors (Lipinski definition) is 1. The van der Waals surface area contributed by atoms with Crippen molar-refractivity contribution in [3.63, 3.8) is 0 Å². The molecule has 1 aromatic rings. The van der Waals surface area contributed by atoms with Crippen LogP contribution in [0.1, 0.15) is 5.69 Å². The minimum Gasteiger partial charge on any atom is -0.248 e. The molecule has 0 atom stereocenters. The van der Waals surface area contributed by atoms with Crippen LogP contribution in [0.5, 0.6) is 0 Å². The highest BCUT2D eigenvalue weighted by Gasteiger charge is 1.80. The summed E-state index contributed by atoms with van der Waals surface area (Å²) in [7, 11) is 0. The standard InChI is InChI=1S/C7H4FN/c8-5-4-7-3-1-2-6-9-7/h1-3,6H. The van der Waals surface area contributed by atoms with Crippen molar-refractivity contribution in [2.24, 2.45) is 0 Å². The van der Waals surface area contributed by atoms with Crippen LogP contribution in [0.25, 0.3) is 0 Å². The molecule has 9 heavy (non-hydrogen) atoms. The number of rotatable bonds is 0. The van der Waals surface area contributed by atoms with E-state index in [0.717, 1.165) is 0 Å². The molecule has 1 heterocycles. The summed E-state index contributed by atoms with van der Waals surface area (Å²) in [5.74, 6) is 2.18. The Hall–Kier alpha value is -1.36. The van der Waals surface area contributed by atoms with Crippen molar-refractivity contribution in [3.8, 4) is 12.1 Å². The molecular formula is C7H4FN. The predicted octanol–water partition coefficient (Wildman–Crippen LogP) is 1.36. The van der Waals surface area contributed by atoms with E-state index >= 15 is 0 Å². The highest BCUT2D eigenvalue weighted by molar-refractivity contribution is 5.24. The van der Waals surface area contributed by atoms with Crippen molar-refractivity contribution in [1.29, 1.82) is 0 Å². The third-order valence-electron chi connectivity index (χ3n) is 0.840. The average Bonchev–Trinajstić information content (AvgIpc) is 1.91. The normalized spacial score (nSPS) is 7.67. The van der Waals surface area contributed by atoms with Gasteiger partial charge in [0.1, 0.15) is 11.9 Å². The fourth-order valence-electron chi connectivity index (χ4n) is 0.485. The maximum atomic E-state index is 11.3. The van der Waals surface area contributed by atoms with Gasteiger partial charge in [0.05, 0.1) is 0 Å². The Labute approximate surface area is 52.5 Å². The molecule has 0 aliphatic carbocycles. The molecule has 2 heteroatoms. The van der Waals surface area contributed by atoms with Crippen molar-refractivity contribution in [2.45, 2.75) is 0 Å². The maximum absolute atomic E-state index is 11.3. The summed E-state index contributed by atoms with van der Waals surface area (Å²) in [6, 6.07) is 5.16. The Morgan fingerprint density at radius 1 is 1.44 bits per heavy atom. The monoisotopic (exact) mass is 121 g/mol. The molecular weight excluding hydrogens is 117 g/mol. The van der Waals surface area contributed by atoms with E-state index in [1.54, 1.807) is 24.4 Å². The summed E-state index contributed by atoms with van der Waals surface area (Å²) >= 11 is 0. The maximum Gasteiger partial charge on any atom is 0.115 e. The van der Waals surface area contributed by atoms with Gasteiger partial charge in [-0.25, -0.2) is 4.98 Å². The zero-order valence-corrected chi connectivity index (χ0v) is 4.63. The first-order chi connectivity index (χ1) is 4.43. The fraction of sp³-hybridized carbons (Fsp3) is 0. The fourth-order valence-corrected chi connectivity index (χ4v) is 0.485. The van der Waals surface area contributed by atoms with Crippen LogP contribution in [0, 0.1) is 12.1 Å². The van der Waals surface area contributed by atoms with E-state index < -0.39 is 0 Å². The molecule has 0 N–H and O–H groups in total. The zero-order valence-electron chi connectivity index (χ0n) is 4.63. The summed E-state index contributed by atoms with van der Waals surface area (Å²) in [6.45, 7) is 0. The van der Waals surface area contributed by atoms with Crippen LogP contribution >= 0.6 is 0 Å². The number of aromatic nitrogens is 1. The Morgan fingerprint density at radius 2 is 2.33 bits per heavy atom. The quantitative estimate of drug-likeness (QED) is 0.472. The van der Waals surface area contributed by atoms with Crippen LogP contribution in [-0.2, 0) is 0 Å². The number of hydrogen-bond donors (Lipinski definition) is 0. The molecule has 44 valence electrons. The zero-order chi connectivity index (χ0) is 6.53. The molecule has 0 bridgehead atoms. The summed E-state index contributed by atoms with van der Waals surface area (Å²) < 4.78 is 11.3. The van der Waals surface area contributed by atoms with Crippen molar-refractivity contribution >= 4 is 0 Å². The molecule has 0 spiro atoms. The Morgan fingerprint density at radius 3 is 2.89 bits per heavy atom. The SMILES string of the molecule is FC#Cc1ccccn1. The second-order valence-corrected chi connectivity index (χ2v) is 1.43. The lowest BCUT2D eigenvalue weighted by Crippen LogP contribution is -1.76. The average molecular weight is 121 g/mol. The van der Waals surface area contributed by atoms with Gasteiger partial charge in [-0.3, -0.25) is 0 Å². The molecule has 0 unspecified atom stereocenters. The molecule has 1 aromatic heterocycles. The van der Waals surface area contributed by atoms with Gasteiger partial charge in [0.2, 0.25) is 0 Å². The molecule has 1 nitrogen and oxygen atoms in total. The second kappa shape index (κ2) is 2.83. The Balaban J connectivity index is 2.94. The number of halogens is 1. The van der Waals surface area contributed by atoms with Crippen LogP contribution < -0.4 is 0 Å². The predicted molar refractivity (Wildman–Crippen MR) is 32.2 cm³/mol. The van der Waals surface area contributed by atoms with E-state index in [9.17, 15) is 4.39 Å². The molecule has 0 amide bonds. The van der Waals surface area contributed by atoms with Crippen molar-refractivity contribution in [2.75, 3.05) is 0 Å². The van der Waals surface area contributed by atoms with Gasteiger partial charge in [0, 0.05) is 6.20 Å². The van der Waals surface area contributed by atoms with Gasteiger partial charge in [-0.1, -0.05) is 6.07 Å². The van der Waals surface area contributed by atoms with E-state index in [1.165, 1.54) is 6.17 Å². The first-order valence-corrected chi connectivity index (χ1v) is 2.46. The third kappa shape index (κ3) is 1.54. The molecule has 0 saturated heterocycles. The van der Waals surface area contributed by atoms with Gasteiger partial charge in [-0.05, 0) is 18.1 Å². The van der Waals surface area contributed by atoms with Crippen LogP contribution in [0.3, 0.4) is 0 Å². The summed E-state index contributed by atoms with van der Waals surface area (Å²) in [5.41, 5.74) is 0.458. The first-order valence-electron chi connectivity index (χ1n) is 2.46. The van der Waals surface area contributed by atoms with Crippen LogP contribution in [0.15, 0.2) is 24.4 Å². The molecule has 0 aliphatic heterocycles. The van der Waals surface area contributed by atoms with Crippen LogP contribution in [0.4, 0.5) is 4.39 Å². The summed E-state index contributed by atoms with van der Waals surface area (Å²) in [6.07, 6.45) is 2.84. The van der Waals surface area contributed by atoms with Crippen LogP contribution in [-0.4, -0.2) is 4.98 Å². The lowest BCUT2D eigenvalue weighted by atomic mass is 10.4. The summed E-state index contributed by atoms with van der Waals surface area (Å²) in [5, 5.41) is 0. The molecule has 1 rings (SSSR count). The number of nitrogens with zero attached hydrogens (tertiary/aromatic N) is 1. The van der Waals surface area contributed by atoms with E-state index in [1.807, 2.05) is 0 Å². The largest absolute Gasteiger partial charge is 0.248 e. The van der Waals surface area contributed by atoms with Gasteiger partial charge >= 0.3 is 0 Å².